The van der Waals surface area contributed by atoms with Crippen molar-refractivity contribution in [1.29, 1.82) is 0 Å². The first-order valence-corrected chi connectivity index (χ1v) is 7.01. The molecule has 0 bridgehead atoms. The summed E-state index contributed by atoms with van der Waals surface area (Å²) in [5.74, 6) is 1.02. The fourth-order valence-electron chi connectivity index (χ4n) is 2.62. The highest BCUT2D eigenvalue weighted by Crippen LogP contribution is 2.35. The number of imidazole rings is 1. The van der Waals surface area contributed by atoms with E-state index in [0.717, 1.165) is 28.0 Å². The Hall–Kier alpha value is -2.36. The van der Waals surface area contributed by atoms with E-state index in [0.29, 0.717) is 0 Å². The van der Waals surface area contributed by atoms with Crippen LogP contribution in [0.2, 0.25) is 0 Å². The average Bonchev–Trinajstić information content (AvgIpc) is 2.77. The number of aromatic nitrogens is 3. The van der Waals surface area contributed by atoms with Crippen LogP contribution in [0.5, 0.6) is 5.75 Å². The molecule has 1 N–H and O–H groups in total. The lowest BCUT2D eigenvalue weighted by Gasteiger charge is -2.25. The minimum absolute atomic E-state index is 0.150. The molecule has 0 atom stereocenters. The third kappa shape index (κ3) is 2.27. The summed E-state index contributed by atoms with van der Waals surface area (Å²) in [7, 11) is 0. The summed E-state index contributed by atoms with van der Waals surface area (Å²) in [6, 6.07) is 7.63. The molecular weight excluding hydrogens is 262 g/mol. The number of fused-ring (bicyclic) bond motifs is 1. The highest BCUT2D eigenvalue weighted by molar-refractivity contribution is 5.81. The molecule has 0 unspecified atom stereocenters. The molecule has 2 heterocycles. The quantitative estimate of drug-likeness (QED) is 0.736. The molecule has 2 aromatic heterocycles. The Morgan fingerprint density at radius 3 is 2.57 bits per heavy atom. The minimum Gasteiger partial charge on any atom is -0.507 e. The summed E-state index contributed by atoms with van der Waals surface area (Å²) in [5, 5.41) is 10.3. The van der Waals surface area contributed by atoms with Crippen molar-refractivity contribution in [3.8, 4) is 17.1 Å². The number of nitrogens with zero attached hydrogens (tertiary/aromatic N) is 3. The molecule has 4 nitrogen and oxygen atoms in total. The smallest absolute Gasteiger partial charge is 0.145 e. The van der Waals surface area contributed by atoms with E-state index in [1.165, 1.54) is 0 Å². The van der Waals surface area contributed by atoms with Gasteiger partial charge in [0, 0.05) is 11.7 Å². The zero-order chi connectivity index (χ0) is 15.2. The van der Waals surface area contributed by atoms with Crippen LogP contribution < -0.4 is 0 Å². The van der Waals surface area contributed by atoms with Gasteiger partial charge in [-0.1, -0.05) is 6.07 Å². The molecule has 0 saturated carbocycles. The standard InChI is InChI=1S/C17H19N3O/c1-11-5-6-12(15(21)9-11)16-19-13-10-18-8-7-14(13)20(16)17(2,3)4/h5-10,21H,1-4H3. The lowest BCUT2D eigenvalue weighted by atomic mass is 10.1. The zero-order valence-corrected chi connectivity index (χ0v) is 12.8. The topological polar surface area (TPSA) is 50.9 Å². The van der Waals surface area contributed by atoms with Crippen LogP contribution in [0.4, 0.5) is 0 Å². The average molecular weight is 281 g/mol. The third-order valence-electron chi connectivity index (χ3n) is 3.52. The molecule has 21 heavy (non-hydrogen) atoms. The van der Waals surface area contributed by atoms with Crippen molar-refractivity contribution in [2.45, 2.75) is 33.2 Å². The van der Waals surface area contributed by atoms with Crippen molar-refractivity contribution in [2.75, 3.05) is 0 Å². The molecule has 3 aromatic rings. The molecule has 4 heteroatoms. The van der Waals surface area contributed by atoms with Gasteiger partial charge in [-0.3, -0.25) is 4.98 Å². The maximum atomic E-state index is 10.3. The van der Waals surface area contributed by atoms with E-state index in [-0.39, 0.29) is 11.3 Å². The van der Waals surface area contributed by atoms with Crippen LogP contribution in [-0.4, -0.2) is 19.6 Å². The van der Waals surface area contributed by atoms with Crippen molar-refractivity contribution in [2.24, 2.45) is 0 Å². The molecule has 0 aliphatic carbocycles. The van der Waals surface area contributed by atoms with Gasteiger partial charge in [0.05, 0.1) is 17.3 Å². The van der Waals surface area contributed by atoms with Crippen LogP contribution in [0.25, 0.3) is 22.4 Å². The summed E-state index contributed by atoms with van der Waals surface area (Å²) in [6.07, 6.45) is 3.53. The first kappa shape index (κ1) is 13.6. The monoisotopic (exact) mass is 281 g/mol. The van der Waals surface area contributed by atoms with Gasteiger partial charge in [-0.05, 0) is 51.5 Å². The molecule has 0 amide bonds. The van der Waals surface area contributed by atoms with Gasteiger partial charge in [0.1, 0.15) is 17.1 Å². The second-order valence-electron chi connectivity index (χ2n) is 6.33. The second kappa shape index (κ2) is 4.58. The highest BCUT2D eigenvalue weighted by Gasteiger charge is 2.23. The summed E-state index contributed by atoms with van der Waals surface area (Å²) < 4.78 is 2.15. The molecule has 108 valence electrons. The summed E-state index contributed by atoms with van der Waals surface area (Å²) in [4.78, 5) is 8.82. The number of aryl methyl sites for hydroxylation is 1. The van der Waals surface area contributed by atoms with Crippen molar-refractivity contribution in [3.63, 3.8) is 0 Å². The maximum absolute atomic E-state index is 10.3. The van der Waals surface area contributed by atoms with E-state index >= 15 is 0 Å². The van der Waals surface area contributed by atoms with Gasteiger partial charge < -0.3 is 9.67 Å². The predicted octanol–water partition coefficient (Wildman–Crippen LogP) is 3.87. The van der Waals surface area contributed by atoms with Gasteiger partial charge in [0.15, 0.2) is 0 Å². The fraction of sp³-hybridized carbons (Fsp3) is 0.294. The van der Waals surface area contributed by atoms with E-state index < -0.39 is 0 Å². The highest BCUT2D eigenvalue weighted by atomic mass is 16.3. The van der Waals surface area contributed by atoms with Crippen molar-refractivity contribution >= 4 is 11.0 Å². The molecule has 0 aliphatic rings. The number of phenolic OH excluding ortho intramolecular Hbond substituents is 1. The molecule has 0 aliphatic heterocycles. The zero-order valence-electron chi connectivity index (χ0n) is 12.8. The Labute approximate surface area is 124 Å². The number of aromatic hydroxyl groups is 1. The van der Waals surface area contributed by atoms with Crippen molar-refractivity contribution in [1.82, 2.24) is 14.5 Å². The van der Waals surface area contributed by atoms with E-state index in [4.69, 9.17) is 0 Å². The molecule has 0 radical (unpaired) electrons. The minimum atomic E-state index is -0.150. The number of pyridine rings is 1. The largest absolute Gasteiger partial charge is 0.507 e. The number of hydrogen-bond donors (Lipinski definition) is 1. The van der Waals surface area contributed by atoms with Crippen LogP contribution >= 0.6 is 0 Å². The lowest BCUT2D eigenvalue weighted by Crippen LogP contribution is -2.22. The van der Waals surface area contributed by atoms with Crippen LogP contribution in [0.3, 0.4) is 0 Å². The maximum Gasteiger partial charge on any atom is 0.145 e. The summed E-state index contributed by atoms with van der Waals surface area (Å²) >= 11 is 0. The molecule has 0 saturated heterocycles. The molecule has 1 aromatic carbocycles. The molecule has 0 spiro atoms. The van der Waals surface area contributed by atoms with E-state index in [1.807, 2.05) is 25.1 Å². The van der Waals surface area contributed by atoms with Gasteiger partial charge in [0.25, 0.3) is 0 Å². The van der Waals surface area contributed by atoms with Crippen LogP contribution in [0, 0.1) is 6.92 Å². The van der Waals surface area contributed by atoms with Crippen LogP contribution in [0.1, 0.15) is 26.3 Å². The van der Waals surface area contributed by atoms with Crippen molar-refractivity contribution < 1.29 is 5.11 Å². The van der Waals surface area contributed by atoms with Gasteiger partial charge in [-0.15, -0.1) is 0 Å². The van der Waals surface area contributed by atoms with E-state index in [9.17, 15) is 5.11 Å². The van der Waals surface area contributed by atoms with Gasteiger partial charge in [0.2, 0.25) is 0 Å². The summed E-state index contributed by atoms with van der Waals surface area (Å²) in [5.41, 5.74) is 3.47. The lowest BCUT2D eigenvalue weighted by molar-refractivity contribution is 0.411. The van der Waals surface area contributed by atoms with Gasteiger partial charge in [-0.25, -0.2) is 4.98 Å². The Morgan fingerprint density at radius 1 is 1.14 bits per heavy atom. The first-order valence-electron chi connectivity index (χ1n) is 7.01. The number of phenols is 1. The fourth-order valence-corrected chi connectivity index (χ4v) is 2.62. The Bertz CT molecular complexity index is 813. The molecule has 3 rings (SSSR count). The SMILES string of the molecule is Cc1ccc(-c2nc3cnccc3n2C(C)(C)C)c(O)c1. The Kier molecular flexibility index (Phi) is 2.97. The predicted molar refractivity (Wildman–Crippen MR) is 84.4 cm³/mol. The third-order valence-corrected chi connectivity index (χ3v) is 3.52. The second-order valence-corrected chi connectivity index (χ2v) is 6.33. The summed E-state index contributed by atoms with van der Waals surface area (Å²) in [6.45, 7) is 8.34. The van der Waals surface area contributed by atoms with E-state index in [1.54, 1.807) is 18.5 Å². The van der Waals surface area contributed by atoms with Crippen molar-refractivity contribution in [3.05, 3.63) is 42.2 Å². The number of hydrogen-bond acceptors (Lipinski definition) is 3. The first-order chi connectivity index (χ1) is 9.88. The Morgan fingerprint density at radius 2 is 1.90 bits per heavy atom. The van der Waals surface area contributed by atoms with E-state index in [2.05, 4.69) is 35.3 Å². The normalized spacial score (nSPS) is 12.0. The Balaban J connectivity index is 2.37. The number of rotatable bonds is 1. The van der Waals surface area contributed by atoms with Gasteiger partial charge >= 0.3 is 0 Å². The number of benzene rings is 1. The molecule has 0 fully saturated rings. The molecular formula is C17H19N3O. The van der Waals surface area contributed by atoms with Crippen LogP contribution in [0.15, 0.2) is 36.7 Å². The van der Waals surface area contributed by atoms with Gasteiger partial charge in [-0.2, -0.15) is 0 Å². The van der Waals surface area contributed by atoms with Crippen LogP contribution in [-0.2, 0) is 5.54 Å².